The van der Waals surface area contributed by atoms with Crippen LogP contribution in [0.5, 0.6) is 0 Å². The van der Waals surface area contributed by atoms with Gasteiger partial charge in [-0.25, -0.2) is 14.5 Å². The third-order valence-corrected chi connectivity index (χ3v) is 5.83. The summed E-state index contributed by atoms with van der Waals surface area (Å²) < 4.78 is 3.76. The van der Waals surface area contributed by atoms with Gasteiger partial charge in [0.1, 0.15) is 11.1 Å². The largest absolute Gasteiger partial charge is 0.317 e. The predicted octanol–water partition coefficient (Wildman–Crippen LogP) is 3.17. The SMILES string of the molecule is Cc1cn2cc(-c3nn4cc(C5CCNCC5)nc4s3)cc(C#N)c2n1.Cl. The molecule has 138 valence electrons. The smallest absolute Gasteiger partial charge is 0.212 e. The van der Waals surface area contributed by atoms with Crippen molar-refractivity contribution in [2.45, 2.75) is 25.7 Å². The van der Waals surface area contributed by atoms with Crippen LogP contribution in [0.15, 0.2) is 24.7 Å². The Morgan fingerprint density at radius 3 is 2.78 bits per heavy atom. The molecular weight excluding hydrogens is 382 g/mol. The van der Waals surface area contributed by atoms with Crippen molar-refractivity contribution in [2.24, 2.45) is 0 Å². The summed E-state index contributed by atoms with van der Waals surface area (Å²) in [5.41, 5.74) is 4.17. The second-order valence-electron chi connectivity index (χ2n) is 6.69. The van der Waals surface area contributed by atoms with Gasteiger partial charge in [-0.3, -0.25) is 0 Å². The molecule has 0 spiro atoms. The molecule has 1 aliphatic rings. The normalized spacial score (nSPS) is 15.1. The third kappa shape index (κ3) is 3.08. The minimum absolute atomic E-state index is 0. The number of nitrogens with zero attached hydrogens (tertiary/aromatic N) is 6. The van der Waals surface area contributed by atoms with Gasteiger partial charge in [0.25, 0.3) is 0 Å². The van der Waals surface area contributed by atoms with Crippen molar-refractivity contribution >= 4 is 34.4 Å². The molecule has 27 heavy (non-hydrogen) atoms. The minimum Gasteiger partial charge on any atom is -0.317 e. The van der Waals surface area contributed by atoms with Gasteiger partial charge in [-0.2, -0.15) is 10.4 Å². The number of aryl methyl sites for hydroxylation is 1. The first-order chi connectivity index (χ1) is 12.7. The zero-order valence-corrected chi connectivity index (χ0v) is 16.3. The van der Waals surface area contributed by atoms with E-state index in [1.807, 2.05) is 34.3 Å². The molecule has 9 heteroatoms. The molecular formula is C18H18ClN7S. The number of aromatic nitrogens is 5. The van der Waals surface area contributed by atoms with Gasteiger partial charge in [-0.1, -0.05) is 11.3 Å². The topological polar surface area (TPSA) is 83.3 Å². The van der Waals surface area contributed by atoms with Crippen molar-refractivity contribution in [1.82, 2.24) is 29.3 Å². The molecule has 0 unspecified atom stereocenters. The summed E-state index contributed by atoms with van der Waals surface area (Å²) in [7, 11) is 0. The Labute approximate surface area is 166 Å². The molecule has 5 heterocycles. The van der Waals surface area contributed by atoms with Gasteiger partial charge in [-0.15, -0.1) is 12.4 Å². The fourth-order valence-electron chi connectivity index (χ4n) is 3.57. The molecule has 1 saturated heterocycles. The van der Waals surface area contributed by atoms with Gasteiger partial charge in [0, 0.05) is 23.9 Å². The predicted molar refractivity (Wildman–Crippen MR) is 107 cm³/mol. The van der Waals surface area contributed by atoms with Crippen LogP contribution in [0.2, 0.25) is 0 Å². The number of halogens is 1. The van der Waals surface area contributed by atoms with Crippen molar-refractivity contribution in [1.29, 1.82) is 5.26 Å². The Kier molecular flexibility index (Phi) is 4.60. The van der Waals surface area contributed by atoms with Crippen LogP contribution >= 0.6 is 23.7 Å². The van der Waals surface area contributed by atoms with Crippen LogP contribution < -0.4 is 5.32 Å². The van der Waals surface area contributed by atoms with Gasteiger partial charge in [0.2, 0.25) is 4.96 Å². The number of fused-ring (bicyclic) bond motifs is 2. The monoisotopic (exact) mass is 399 g/mol. The van der Waals surface area contributed by atoms with E-state index >= 15 is 0 Å². The molecule has 0 bridgehead atoms. The van der Waals surface area contributed by atoms with E-state index in [9.17, 15) is 5.26 Å². The van der Waals surface area contributed by atoms with Crippen LogP contribution in [0.4, 0.5) is 0 Å². The molecule has 0 radical (unpaired) electrons. The highest BCUT2D eigenvalue weighted by Crippen LogP contribution is 2.30. The number of rotatable bonds is 2. The Hall–Kier alpha value is -2.47. The zero-order valence-electron chi connectivity index (χ0n) is 14.7. The molecule has 4 aromatic heterocycles. The van der Waals surface area contributed by atoms with Crippen molar-refractivity contribution in [3.63, 3.8) is 0 Å². The van der Waals surface area contributed by atoms with Crippen LogP contribution in [-0.2, 0) is 0 Å². The van der Waals surface area contributed by atoms with Crippen molar-refractivity contribution in [3.05, 3.63) is 41.6 Å². The first kappa shape index (κ1) is 17.9. The third-order valence-electron chi connectivity index (χ3n) is 4.86. The maximum atomic E-state index is 9.45. The molecule has 1 fully saturated rings. The summed E-state index contributed by atoms with van der Waals surface area (Å²) in [6.07, 6.45) is 8.20. The van der Waals surface area contributed by atoms with E-state index in [1.165, 1.54) is 0 Å². The molecule has 0 atom stereocenters. The van der Waals surface area contributed by atoms with E-state index in [0.717, 1.165) is 52.9 Å². The Morgan fingerprint density at radius 2 is 2.04 bits per heavy atom. The summed E-state index contributed by atoms with van der Waals surface area (Å²) in [5, 5.41) is 18.4. The number of nitriles is 1. The number of pyridine rings is 1. The highest BCUT2D eigenvalue weighted by atomic mass is 35.5. The lowest BCUT2D eigenvalue weighted by atomic mass is 9.95. The molecule has 4 aromatic rings. The number of nitrogens with one attached hydrogen (secondary N) is 1. The summed E-state index contributed by atoms with van der Waals surface area (Å²) >= 11 is 1.55. The molecule has 0 saturated carbocycles. The van der Waals surface area contributed by atoms with Crippen LogP contribution in [0.1, 0.15) is 35.7 Å². The molecule has 7 nitrogen and oxygen atoms in total. The Morgan fingerprint density at radius 1 is 1.22 bits per heavy atom. The summed E-state index contributed by atoms with van der Waals surface area (Å²) in [6.45, 7) is 4.03. The van der Waals surface area contributed by atoms with Gasteiger partial charge < -0.3 is 9.72 Å². The number of piperidine rings is 1. The molecule has 0 aliphatic carbocycles. The second kappa shape index (κ2) is 6.93. The average molecular weight is 400 g/mol. The van der Waals surface area contributed by atoms with Crippen LogP contribution in [0.3, 0.4) is 0 Å². The van der Waals surface area contributed by atoms with E-state index in [1.54, 1.807) is 11.3 Å². The molecule has 0 aromatic carbocycles. The van der Waals surface area contributed by atoms with Crippen molar-refractivity contribution in [2.75, 3.05) is 13.1 Å². The quantitative estimate of drug-likeness (QED) is 0.559. The van der Waals surface area contributed by atoms with E-state index in [-0.39, 0.29) is 12.4 Å². The lowest BCUT2D eigenvalue weighted by molar-refractivity contribution is 0.454. The highest BCUT2D eigenvalue weighted by molar-refractivity contribution is 7.19. The van der Waals surface area contributed by atoms with Crippen LogP contribution in [0.25, 0.3) is 21.2 Å². The van der Waals surface area contributed by atoms with Gasteiger partial charge in [0.15, 0.2) is 5.65 Å². The van der Waals surface area contributed by atoms with Crippen molar-refractivity contribution in [3.8, 4) is 16.6 Å². The molecule has 5 rings (SSSR count). The minimum atomic E-state index is 0. The maximum Gasteiger partial charge on any atom is 0.212 e. The second-order valence-corrected chi connectivity index (χ2v) is 7.65. The molecule has 1 aliphatic heterocycles. The lowest BCUT2D eigenvalue weighted by Gasteiger charge is -2.20. The summed E-state index contributed by atoms with van der Waals surface area (Å²) in [6, 6.07) is 4.09. The highest BCUT2D eigenvalue weighted by Gasteiger charge is 2.20. The summed E-state index contributed by atoms with van der Waals surface area (Å²) in [4.78, 5) is 10.1. The zero-order chi connectivity index (χ0) is 17.7. The fraction of sp³-hybridized carbons (Fsp3) is 0.333. The van der Waals surface area contributed by atoms with E-state index in [2.05, 4.69) is 22.6 Å². The van der Waals surface area contributed by atoms with E-state index < -0.39 is 0 Å². The standard InChI is InChI=1S/C18H17N7S.ClH/c1-11-8-24-9-14(6-13(7-19)16(24)21-11)17-23-25-10-15(22-18(25)26-17)12-2-4-20-5-3-12;/h6,8-10,12,20H,2-5H2,1H3;1H. The molecule has 1 N–H and O–H groups in total. The van der Waals surface area contributed by atoms with Crippen LogP contribution in [0, 0.1) is 18.3 Å². The number of imidazole rings is 2. The fourth-order valence-corrected chi connectivity index (χ4v) is 4.44. The number of hydrogen-bond donors (Lipinski definition) is 1. The van der Waals surface area contributed by atoms with Crippen LogP contribution in [-0.4, -0.2) is 37.1 Å². The summed E-state index contributed by atoms with van der Waals surface area (Å²) in [5.74, 6) is 0.518. The van der Waals surface area contributed by atoms with E-state index in [0.29, 0.717) is 17.1 Å². The maximum absolute atomic E-state index is 9.45. The van der Waals surface area contributed by atoms with Gasteiger partial charge in [0.05, 0.1) is 23.1 Å². The van der Waals surface area contributed by atoms with Gasteiger partial charge >= 0.3 is 0 Å². The average Bonchev–Trinajstić information content (AvgIpc) is 3.33. The number of hydrogen-bond acceptors (Lipinski definition) is 6. The Bertz CT molecular complexity index is 1130. The van der Waals surface area contributed by atoms with Gasteiger partial charge in [-0.05, 0) is 38.9 Å². The van der Waals surface area contributed by atoms with E-state index in [4.69, 9.17) is 10.1 Å². The lowest BCUT2D eigenvalue weighted by Crippen LogP contribution is -2.26. The Balaban J connectivity index is 0.00000180. The van der Waals surface area contributed by atoms with Crippen molar-refractivity contribution < 1.29 is 0 Å². The molecule has 0 amide bonds. The first-order valence-electron chi connectivity index (χ1n) is 8.68. The first-order valence-corrected chi connectivity index (χ1v) is 9.49.